The van der Waals surface area contributed by atoms with Crippen molar-refractivity contribution in [3.63, 3.8) is 0 Å². The first kappa shape index (κ1) is 14.1. The minimum atomic E-state index is 0.111. The third-order valence-electron chi connectivity index (χ3n) is 5.81. The smallest absolute Gasteiger partial charge is 0.0450 e. The zero-order valence-corrected chi connectivity index (χ0v) is 12.8. The maximum atomic E-state index is 6.45. The molecule has 2 nitrogen and oxygen atoms in total. The summed E-state index contributed by atoms with van der Waals surface area (Å²) >= 11 is 0. The van der Waals surface area contributed by atoms with Crippen LogP contribution in [0.15, 0.2) is 30.3 Å². The molecule has 0 radical (unpaired) electrons. The average Bonchev–Trinajstić information content (AvgIpc) is 3.09. The second kappa shape index (κ2) is 5.87. The summed E-state index contributed by atoms with van der Waals surface area (Å²) in [5.74, 6) is 2.96. The highest BCUT2D eigenvalue weighted by atomic mass is 15.1. The summed E-state index contributed by atoms with van der Waals surface area (Å²) in [4.78, 5) is 2.49. The number of rotatable bonds is 5. The number of fused-ring (bicyclic) bond motifs is 2. The molecule has 0 spiro atoms. The molecule has 5 unspecified atom stereocenters. The lowest BCUT2D eigenvalue weighted by Gasteiger charge is -2.34. The number of hydrogen-bond donors (Lipinski definition) is 1. The molecule has 2 N–H and O–H groups in total. The zero-order chi connectivity index (χ0) is 14.1. The molecule has 1 aromatic carbocycles. The molecule has 2 aliphatic rings. The Morgan fingerprint density at radius 2 is 1.95 bits per heavy atom. The van der Waals surface area contributed by atoms with Crippen molar-refractivity contribution in [2.24, 2.45) is 23.5 Å². The second-order valence-corrected chi connectivity index (χ2v) is 7.05. The SMILES string of the molecule is CC(C(N)c1ccccc1)N(C)CC1CC2CCC1C2. The van der Waals surface area contributed by atoms with Gasteiger partial charge in [0.05, 0.1) is 0 Å². The van der Waals surface area contributed by atoms with Crippen molar-refractivity contribution in [2.75, 3.05) is 13.6 Å². The third kappa shape index (κ3) is 2.77. The molecule has 0 aliphatic heterocycles. The molecule has 0 saturated heterocycles. The number of hydrogen-bond acceptors (Lipinski definition) is 2. The lowest BCUT2D eigenvalue weighted by Crippen LogP contribution is -2.41. The van der Waals surface area contributed by atoms with Crippen molar-refractivity contribution in [1.29, 1.82) is 0 Å². The van der Waals surface area contributed by atoms with Crippen LogP contribution in [0.5, 0.6) is 0 Å². The molecule has 0 aromatic heterocycles. The summed E-state index contributed by atoms with van der Waals surface area (Å²) in [7, 11) is 2.25. The molecule has 110 valence electrons. The lowest BCUT2D eigenvalue weighted by atomic mass is 9.88. The van der Waals surface area contributed by atoms with E-state index in [4.69, 9.17) is 5.73 Å². The Hall–Kier alpha value is -0.860. The molecule has 2 saturated carbocycles. The van der Waals surface area contributed by atoms with Crippen LogP contribution in [0, 0.1) is 17.8 Å². The Bertz CT molecular complexity index is 430. The van der Waals surface area contributed by atoms with Crippen molar-refractivity contribution < 1.29 is 0 Å². The van der Waals surface area contributed by atoms with Crippen LogP contribution >= 0.6 is 0 Å². The Morgan fingerprint density at radius 1 is 1.20 bits per heavy atom. The van der Waals surface area contributed by atoms with Crippen LogP contribution in [-0.4, -0.2) is 24.5 Å². The van der Waals surface area contributed by atoms with E-state index in [9.17, 15) is 0 Å². The van der Waals surface area contributed by atoms with Gasteiger partial charge in [-0.2, -0.15) is 0 Å². The van der Waals surface area contributed by atoms with Gasteiger partial charge in [0.2, 0.25) is 0 Å². The van der Waals surface area contributed by atoms with Crippen molar-refractivity contribution in [1.82, 2.24) is 4.90 Å². The monoisotopic (exact) mass is 272 g/mol. The number of nitrogens with two attached hydrogens (primary N) is 1. The van der Waals surface area contributed by atoms with Crippen LogP contribution in [-0.2, 0) is 0 Å². The van der Waals surface area contributed by atoms with E-state index in [-0.39, 0.29) is 6.04 Å². The van der Waals surface area contributed by atoms with Crippen LogP contribution in [0.25, 0.3) is 0 Å². The molecule has 0 heterocycles. The fraction of sp³-hybridized carbons (Fsp3) is 0.667. The summed E-state index contributed by atoms with van der Waals surface area (Å²) in [6.07, 6.45) is 5.92. The van der Waals surface area contributed by atoms with Crippen molar-refractivity contribution in [3.05, 3.63) is 35.9 Å². The maximum Gasteiger partial charge on any atom is 0.0450 e. The molecule has 2 bridgehead atoms. The predicted octanol–water partition coefficient (Wildman–Crippen LogP) is 3.44. The van der Waals surface area contributed by atoms with Crippen LogP contribution in [0.2, 0.25) is 0 Å². The Morgan fingerprint density at radius 3 is 2.55 bits per heavy atom. The van der Waals surface area contributed by atoms with Gasteiger partial charge in [-0.1, -0.05) is 36.8 Å². The maximum absolute atomic E-state index is 6.45. The number of benzene rings is 1. The molecule has 2 heteroatoms. The van der Waals surface area contributed by atoms with Crippen LogP contribution < -0.4 is 5.73 Å². The van der Waals surface area contributed by atoms with Gasteiger partial charge in [0.25, 0.3) is 0 Å². The van der Waals surface area contributed by atoms with E-state index in [0.29, 0.717) is 6.04 Å². The highest BCUT2D eigenvalue weighted by molar-refractivity contribution is 5.19. The predicted molar refractivity (Wildman–Crippen MR) is 84.4 cm³/mol. The van der Waals surface area contributed by atoms with E-state index in [2.05, 4.69) is 49.2 Å². The van der Waals surface area contributed by atoms with Crippen LogP contribution in [0.3, 0.4) is 0 Å². The minimum absolute atomic E-state index is 0.111. The van der Waals surface area contributed by atoms with Crippen LogP contribution in [0.4, 0.5) is 0 Å². The van der Waals surface area contributed by atoms with Gasteiger partial charge in [0, 0.05) is 18.6 Å². The molecule has 2 fully saturated rings. The van der Waals surface area contributed by atoms with Gasteiger partial charge in [-0.25, -0.2) is 0 Å². The van der Waals surface area contributed by atoms with E-state index in [0.717, 1.165) is 17.8 Å². The quantitative estimate of drug-likeness (QED) is 0.889. The summed E-state index contributed by atoms with van der Waals surface area (Å²) in [5, 5.41) is 0. The highest BCUT2D eigenvalue weighted by Crippen LogP contribution is 2.48. The van der Waals surface area contributed by atoms with Crippen molar-refractivity contribution in [3.8, 4) is 0 Å². The fourth-order valence-corrected chi connectivity index (χ4v) is 4.36. The van der Waals surface area contributed by atoms with E-state index in [1.807, 2.05) is 0 Å². The Kier molecular flexibility index (Phi) is 4.13. The first-order valence-electron chi connectivity index (χ1n) is 8.16. The fourth-order valence-electron chi connectivity index (χ4n) is 4.36. The standard InChI is InChI=1S/C18H28N2/c1-13(18(19)15-6-4-3-5-7-15)20(2)12-17-11-14-8-9-16(17)10-14/h3-7,13-14,16-18H,8-12,19H2,1-2H3. The largest absolute Gasteiger partial charge is 0.323 e. The van der Waals surface area contributed by atoms with Crippen molar-refractivity contribution in [2.45, 2.75) is 44.7 Å². The molecule has 3 rings (SSSR count). The van der Waals surface area contributed by atoms with Gasteiger partial charge < -0.3 is 10.6 Å². The molecular formula is C18H28N2. The minimum Gasteiger partial charge on any atom is -0.323 e. The molecule has 20 heavy (non-hydrogen) atoms. The van der Waals surface area contributed by atoms with Gasteiger partial charge in [0.1, 0.15) is 0 Å². The van der Waals surface area contributed by atoms with Gasteiger partial charge in [-0.15, -0.1) is 0 Å². The summed E-state index contributed by atoms with van der Waals surface area (Å²) < 4.78 is 0. The first-order chi connectivity index (χ1) is 9.65. The summed E-state index contributed by atoms with van der Waals surface area (Å²) in [6.45, 7) is 3.49. The van der Waals surface area contributed by atoms with Gasteiger partial charge in [-0.3, -0.25) is 0 Å². The normalized spacial score (nSPS) is 31.7. The van der Waals surface area contributed by atoms with Crippen LogP contribution in [0.1, 0.15) is 44.2 Å². The average molecular weight is 272 g/mol. The summed E-state index contributed by atoms with van der Waals surface area (Å²) in [6, 6.07) is 11.0. The highest BCUT2D eigenvalue weighted by Gasteiger charge is 2.40. The summed E-state index contributed by atoms with van der Waals surface area (Å²) in [5.41, 5.74) is 7.70. The van der Waals surface area contributed by atoms with Gasteiger partial charge in [0.15, 0.2) is 0 Å². The molecule has 5 atom stereocenters. The second-order valence-electron chi connectivity index (χ2n) is 7.05. The molecule has 2 aliphatic carbocycles. The Labute approximate surface area is 123 Å². The van der Waals surface area contributed by atoms with E-state index < -0.39 is 0 Å². The van der Waals surface area contributed by atoms with E-state index in [1.54, 1.807) is 0 Å². The zero-order valence-electron chi connectivity index (χ0n) is 12.8. The first-order valence-corrected chi connectivity index (χ1v) is 8.16. The molecular weight excluding hydrogens is 244 g/mol. The van der Waals surface area contributed by atoms with E-state index >= 15 is 0 Å². The molecule has 0 amide bonds. The lowest BCUT2D eigenvalue weighted by molar-refractivity contribution is 0.164. The van der Waals surface area contributed by atoms with Gasteiger partial charge in [-0.05, 0) is 56.6 Å². The number of nitrogens with zero attached hydrogens (tertiary/aromatic N) is 1. The third-order valence-corrected chi connectivity index (χ3v) is 5.81. The molecule has 1 aromatic rings. The number of likely N-dealkylation sites (N-methyl/N-ethyl adjacent to an activating group) is 1. The van der Waals surface area contributed by atoms with Crippen molar-refractivity contribution >= 4 is 0 Å². The van der Waals surface area contributed by atoms with E-state index in [1.165, 1.54) is 37.8 Å². The topological polar surface area (TPSA) is 29.3 Å². The Balaban J connectivity index is 1.58. The van der Waals surface area contributed by atoms with Gasteiger partial charge >= 0.3 is 0 Å².